The van der Waals surface area contributed by atoms with Crippen LogP contribution >= 0.6 is 11.6 Å². The Bertz CT molecular complexity index is 341. The number of halogens is 2. The normalized spacial score (nSPS) is 10.5. The molecule has 7 heteroatoms. The van der Waals surface area contributed by atoms with E-state index in [2.05, 4.69) is 9.97 Å². The van der Waals surface area contributed by atoms with Gasteiger partial charge in [-0.3, -0.25) is 0 Å². The van der Waals surface area contributed by atoms with Gasteiger partial charge in [-0.25, -0.2) is 4.98 Å². The standard InChI is InChI=1S/C10H14ClFN2O3/c1-15-5-6-16-3-2-4-17-9-8(12)7-13-10(11)14-9/h7H,2-6H2,1H3. The van der Waals surface area contributed by atoms with Crippen LogP contribution in [0.5, 0.6) is 5.88 Å². The van der Waals surface area contributed by atoms with Gasteiger partial charge in [-0.15, -0.1) is 0 Å². The van der Waals surface area contributed by atoms with Gasteiger partial charge in [0.15, 0.2) is 0 Å². The Balaban J connectivity index is 2.15. The van der Waals surface area contributed by atoms with Gasteiger partial charge in [0.1, 0.15) is 0 Å². The second kappa shape index (κ2) is 8.16. The number of aromatic nitrogens is 2. The van der Waals surface area contributed by atoms with Crippen molar-refractivity contribution < 1.29 is 18.6 Å². The molecular formula is C10H14ClFN2O3. The summed E-state index contributed by atoms with van der Waals surface area (Å²) in [5.41, 5.74) is 0. The summed E-state index contributed by atoms with van der Waals surface area (Å²) in [6.45, 7) is 1.90. The molecule has 0 spiro atoms. The minimum absolute atomic E-state index is 0.0438. The highest BCUT2D eigenvalue weighted by molar-refractivity contribution is 6.28. The molecule has 0 saturated heterocycles. The van der Waals surface area contributed by atoms with Crippen molar-refractivity contribution in [2.75, 3.05) is 33.5 Å². The van der Waals surface area contributed by atoms with Crippen LogP contribution in [0.2, 0.25) is 5.28 Å². The summed E-state index contributed by atoms with van der Waals surface area (Å²) < 4.78 is 28.2. The van der Waals surface area contributed by atoms with Gasteiger partial charge in [-0.1, -0.05) is 0 Å². The van der Waals surface area contributed by atoms with Gasteiger partial charge in [0.2, 0.25) is 11.1 Å². The number of methoxy groups -OCH3 is 1. The van der Waals surface area contributed by atoms with Crippen LogP contribution in [-0.2, 0) is 9.47 Å². The van der Waals surface area contributed by atoms with Crippen LogP contribution in [0, 0.1) is 5.82 Å². The Morgan fingerprint density at radius 3 is 2.88 bits per heavy atom. The maximum Gasteiger partial charge on any atom is 0.254 e. The Labute approximate surface area is 104 Å². The van der Waals surface area contributed by atoms with Gasteiger partial charge >= 0.3 is 0 Å². The van der Waals surface area contributed by atoms with Crippen LogP contribution in [0.15, 0.2) is 6.20 Å². The van der Waals surface area contributed by atoms with Crippen molar-refractivity contribution in [2.45, 2.75) is 6.42 Å². The van der Waals surface area contributed by atoms with E-state index >= 15 is 0 Å². The topological polar surface area (TPSA) is 53.5 Å². The molecule has 0 saturated carbocycles. The minimum Gasteiger partial charge on any atom is -0.475 e. The van der Waals surface area contributed by atoms with Crippen molar-refractivity contribution in [3.05, 3.63) is 17.3 Å². The summed E-state index contributed by atoms with van der Waals surface area (Å²) in [6, 6.07) is 0. The average molecular weight is 265 g/mol. The fourth-order valence-electron chi connectivity index (χ4n) is 1.01. The molecule has 0 N–H and O–H groups in total. The van der Waals surface area contributed by atoms with Crippen LogP contribution in [0.3, 0.4) is 0 Å². The van der Waals surface area contributed by atoms with Crippen molar-refractivity contribution in [1.82, 2.24) is 9.97 Å². The zero-order valence-electron chi connectivity index (χ0n) is 9.49. The number of hydrogen-bond acceptors (Lipinski definition) is 5. The molecule has 5 nitrogen and oxygen atoms in total. The third kappa shape index (κ3) is 5.76. The van der Waals surface area contributed by atoms with Gasteiger partial charge in [0.05, 0.1) is 26.0 Å². The molecule has 0 atom stereocenters. The van der Waals surface area contributed by atoms with E-state index in [1.165, 1.54) is 0 Å². The fourth-order valence-corrected chi connectivity index (χ4v) is 1.13. The lowest BCUT2D eigenvalue weighted by atomic mass is 10.5. The predicted octanol–water partition coefficient (Wildman–Crippen LogP) is 1.70. The third-order valence-electron chi connectivity index (χ3n) is 1.79. The second-order valence-corrected chi connectivity index (χ2v) is 3.44. The van der Waals surface area contributed by atoms with E-state index < -0.39 is 5.82 Å². The van der Waals surface area contributed by atoms with Crippen molar-refractivity contribution in [3.63, 3.8) is 0 Å². The molecule has 0 aliphatic carbocycles. The summed E-state index contributed by atoms with van der Waals surface area (Å²) >= 11 is 5.51. The van der Waals surface area contributed by atoms with Gasteiger partial charge in [0, 0.05) is 20.1 Å². The first-order valence-electron chi connectivity index (χ1n) is 5.11. The maximum atomic E-state index is 13.1. The molecule has 96 valence electrons. The number of hydrogen-bond donors (Lipinski definition) is 0. The first-order valence-corrected chi connectivity index (χ1v) is 5.49. The molecule has 1 rings (SSSR count). The molecule has 1 heterocycles. The van der Waals surface area contributed by atoms with Crippen molar-refractivity contribution >= 4 is 11.6 Å². The van der Waals surface area contributed by atoms with Crippen LogP contribution in [0.4, 0.5) is 4.39 Å². The third-order valence-corrected chi connectivity index (χ3v) is 1.97. The minimum atomic E-state index is -0.630. The SMILES string of the molecule is COCCOCCCOc1nc(Cl)ncc1F. The fraction of sp³-hybridized carbons (Fsp3) is 0.600. The summed E-state index contributed by atoms with van der Waals surface area (Å²) in [5.74, 6) is -0.767. The summed E-state index contributed by atoms with van der Waals surface area (Å²) in [6.07, 6.45) is 1.60. The second-order valence-electron chi connectivity index (χ2n) is 3.10. The Kier molecular flexibility index (Phi) is 6.76. The van der Waals surface area contributed by atoms with Gasteiger partial charge in [-0.05, 0) is 11.6 Å². The molecule has 17 heavy (non-hydrogen) atoms. The Hall–Kier alpha value is -0.980. The quantitative estimate of drug-likeness (QED) is 0.528. The van der Waals surface area contributed by atoms with Crippen LogP contribution in [0.1, 0.15) is 6.42 Å². The van der Waals surface area contributed by atoms with E-state index in [0.29, 0.717) is 32.8 Å². The van der Waals surface area contributed by atoms with E-state index in [1.807, 2.05) is 0 Å². The highest BCUT2D eigenvalue weighted by Crippen LogP contribution is 2.14. The monoisotopic (exact) mass is 264 g/mol. The Morgan fingerprint density at radius 2 is 2.12 bits per heavy atom. The van der Waals surface area contributed by atoms with E-state index in [9.17, 15) is 4.39 Å². The van der Waals surface area contributed by atoms with Gasteiger partial charge in [-0.2, -0.15) is 9.37 Å². The smallest absolute Gasteiger partial charge is 0.254 e. The molecule has 1 aromatic heterocycles. The van der Waals surface area contributed by atoms with E-state index in [0.717, 1.165) is 6.20 Å². The highest BCUT2D eigenvalue weighted by Gasteiger charge is 2.06. The molecule has 0 bridgehead atoms. The van der Waals surface area contributed by atoms with Gasteiger partial charge in [0.25, 0.3) is 5.88 Å². The lowest BCUT2D eigenvalue weighted by molar-refractivity contribution is 0.0639. The zero-order valence-corrected chi connectivity index (χ0v) is 10.2. The summed E-state index contributed by atoms with van der Waals surface area (Å²) in [7, 11) is 1.61. The molecule has 1 aromatic rings. The number of ether oxygens (including phenoxy) is 3. The molecule has 0 amide bonds. The lowest BCUT2D eigenvalue weighted by Gasteiger charge is -2.06. The lowest BCUT2D eigenvalue weighted by Crippen LogP contribution is -2.08. The van der Waals surface area contributed by atoms with Crippen LogP contribution in [-0.4, -0.2) is 43.5 Å². The Morgan fingerprint density at radius 1 is 1.29 bits per heavy atom. The summed E-state index contributed by atoms with van der Waals surface area (Å²) in [5, 5.41) is -0.0438. The molecule has 0 unspecified atom stereocenters. The van der Waals surface area contributed by atoms with Crippen molar-refractivity contribution in [3.8, 4) is 5.88 Å². The van der Waals surface area contributed by atoms with Crippen LogP contribution in [0.25, 0.3) is 0 Å². The van der Waals surface area contributed by atoms with E-state index in [-0.39, 0.29) is 11.2 Å². The first-order chi connectivity index (χ1) is 8.24. The molecular weight excluding hydrogens is 251 g/mol. The first kappa shape index (κ1) is 14.1. The number of nitrogens with zero attached hydrogens (tertiary/aromatic N) is 2. The molecule has 0 aliphatic rings. The molecule has 0 aliphatic heterocycles. The van der Waals surface area contributed by atoms with E-state index in [1.54, 1.807) is 7.11 Å². The molecule has 0 aromatic carbocycles. The van der Waals surface area contributed by atoms with Crippen molar-refractivity contribution in [2.24, 2.45) is 0 Å². The average Bonchev–Trinajstić information content (AvgIpc) is 2.32. The molecule has 0 radical (unpaired) electrons. The zero-order chi connectivity index (χ0) is 12.5. The molecule has 0 fully saturated rings. The van der Waals surface area contributed by atoms with Gasteiger partial charge < -0.3 is 14.2 Å². The predicted molar refractivity (Wildman–Crippen MR) is 59.8 cm³/mol. The number of rotatable bonds is 8. The highest BCUT2D eigenvalue weighted by atomic mass is 35.5. The maximum absolute atomic E-state index is 13.1. The van der Waals surface area contributed by atoms with E-state index in [4.69, 9.17) is 25.8 Å². The summed E-state index contributed by atoms with van der Waals surface area (Å²) in [4.78, 5) is 7.09. The van der Waals surface area contributed by atoms with Crippen LogP contribution < -0.4 is 4.74 Å². The van der Waals surface area contributed by atoms with Crippen molar-refractivity contribution in [1.29, 1.82) is 0 Å². The largest absolute Gasteiger partial charge is 0.475 e.